The van der Waals surface area contributed by atoms with Crippen molar-refractivity contribution in [2.45, 2.75) is 26.4 Å². The Kier molecular flexibility index (Phi) is 5.98. The molecule has 0 aliphatic carbocycles. The van der Waals surface area contributed by atoms with Crippen LogP contribution in [-0.4, -0.2) is 17.9 Å². The van der Waals surface area contributed by atoms with E-state index in [4.69, 9.17) is 16.3 Å². The van der Waals surface area contributed by atoms with E-state index in [1.165, 1.54) is 11.3 Å². The van der Waals surface area contributed by atoms with Crippen LogP contribution < -0.4 is 15.6 Å². The molecule has 0 fully saturated rings. The highest BCUT2D eigenvalue weighted by Crippen LogP contribution is 2.34. The van der Waals surface area contributed by atoms with E-state index in [1.807, 2.05) is 38.1 Å². The first kappa shape index (κ1) is 19.2. The van der Waals surface area contributed by atoms with Gasteiger partial charge in [0.15, 0.2) is 0 Å². The topological polar surface area (TPSA) is 67.4 Å². The molecule has 27 heavy (non-hydrogen) atoms. The minimum atomic E-state index is -0.457. The number of ether oxygens (including phenoxy) is 1. The van der Waals surface area contributed by atoms with Gasteiger partial charge in [-0.25, -0.2) is 0 Å². The molecular formula is C20H19ClN2O3S. The summed E-state index contributed by atoms with van der Waals surface area (Å²) >= 11 is 7.56. The second-order valence-electron chi connectivity index (χ2n) is 6.01. The lowest BCUT2D eigenvalue weighted by Gasteiger charge is -2.13. The number of hydrogen-bond acceptors (Lipinski definition) is 4. The van der Waals surface area contributed by atoms with E-state index in [0.717, 1.165) is 16.5 Å². The molecular weight excluding hydrogens is 384 g/mol. The number of benzene rings is 2. The van der Waals surface area contributed by atoms with Gasteiger partial charge in [-0.2, -0.15) is 0 Å². The van der Waals surface area contributed by atoms with E-state index in [1.54, 1.807) is 24.3 Å². The average Bonchev–Trinajstić information content (AvgIpc) is 3.03. The maximum atomic E-state index is 12.4. The third kappa shape index (κ3) is 4.40. The van der Waals surface area contributed by atoms with Gasteiger partial charge in [0, 0.05) is 15.6 Å². The number of carbonyl (C=O) groups excluding carboxylic acids is 2. The van der Waals surface area contributed by atoms with Gasteiger partial charge < -0.3 is 4.74 Å². The van der Waals surface area contributed by atoms with Crippen molar-refractivity contribution in [3.05, 3.63) is 64.0 Å². The lowest BCUT2D eigenvalue weighted by Crippen LogP contribution is -2.41. The highest BCUT2D eigenvalue weighted by atomic mass is 35.5. The van der Waals surface area contributed by atoms with Gasteiger partial charge in [0.25, 0.3) is 11.8 Å². The number of thiophene rings is 1. The van der Waals surface area contributed by atoms with Crippen LogP contribution in [-0.2, 0) is 0 Å². The molecule has 3 rings (SSSR count). The van der Waals surface area contributed by atoms with Crippen LogP contribution >= 0.6 is 22.9 Å². The quantitative estimate of drug-likeness (QED) is 0.602. The van der Waals surface area contributed by atoms with Gasteiger partial charge in [-0.1, -0.05) is 42.8 Å². The molecule has 7 heteroatoms. The van der Waals surface area contributed by atoms with Crippen molar-refractivity contribution in [3.63, 3.8) is 0 Å². The van der Waals surface area contributed by atoms with Crippen LogP contribution in [0.15, 0.2) is 48.5 Å². The first-order valence-electron chi connectivity index (χ1n) is 8.54. The Morgan fingerprint density at radius 1 is 1.11 bits per heavy atom. The Morgan fingerprint density at radius 2 is 1.85 bits per heavy atom. The van der Waals surface area contributed by atoms with Crippen molar-refractivity contribution in [1.29, 1.82) is 0 Å². The molecule has 2 N–H and O–H groups in total. The molecule has 1 heterocycles. The van der Waals surface area contributed by atoms with Crippen LogP contribution in [0.4, 0.5) is 0 Å². The molecule has 1 unspecified atom stereocenters. The van der Waals surface area contributed by atoms with Gasteiger partial charge >= 0.3 is 0 Å². The van der Waals surface area contributed by atoms with Crippen LogP contribution in [0.2, 0.25) is 5.02 Å². The molecule has 1 atom stereocenters. The van der Waals surface area contributed by atoms with E-state index in [9.17, 15) is 9.59 Å². The molecule has 0 saturated heterocycles. The van der Waals surface area contributed by atoms with Gasteiger partial charge in [-0.15, -0.1) is 11.3 Å². The molecule has 0 aliphatic rings. The van der Waals surface area contributed by atoms with Crippen molar-refractivity contribution in [2.24, 2.45) is 0 Å². The SMILES string of the molecule is CCC(C)Oc1cccc(C(=O)NNC(=O)c2sc3ccccc3c2Cl)c1. The fourth-order valence-electron chi connectivity index (χ4n) is 2.43. The predicted molar refractivity (Wildman–Crippen MR) is 109 cm³/mol. The summed E-state index contributed by atoms with van der Waals surface area (Å²) in [5, 5.41) is 1.20. The molecule has 2 amide bonds. The van der Waals surface area contributed by atoms with E-state index in [-0.39, 0.29) is 6.10 Å². The predicted octanol–water partition coefficient (Wildman–Crippen LogP) is 4.81. The second kappa shape index (κ2) is 8.41. The van der Waals surface area contributed by atoms with Gasteiger partial charge in [-0.3, -0.25) is 20.4 Å². The largest absolute Gasteiger partial charge is 0.491 e. The molecule has 0 aliphatic heterocycles. The van der Waals surface area contributed by atoms with Gasteiger partial charge in [0.2, 0.25) is 0 Å². The van der Waals surface area contributed by atoms with E-state index in [0.29, 0.717) is 21.2 Å². The number of rotatable bonds is 5. The Morgan fingerprint density at radius 3 is 2.59 bits per heavy atom. The lowest BCUT2D eigenvalue weighted by atomic mass is 10.2. The number of fused-ring (bicyclic) bond motifs is 1. The minimum absolute atomic E-state index is 0.0538. The van der Waals surface area contributed by atoms with Crippen LogP contribution in [0.3, 0.4) is 0 Å². The number of hydrogen-bond donors (Lipinski definition) is 2. The van der Waals surface area contributed by atoms with Crippen molar-refractivity contribution in [3.8, 4) is 5.75 Å². The second-order valence-corrected chi connectivity index (χ2v) is 7.44. The number of hydrazine groups is 1. The normalized spacial score (nSPS) is 11.8. The lowest BCUT2D eigenvalue weighted by molar-refractivity contribution is 0.0848. The fourth-order valence-corrected chi connectivity index (χ4v) is 3.84. The molecule has 5 nitrogen and oxygen atoms in total. The molecule has 140 valence electrons. The zero-order chi connectivity index (χ0) is 19.4. The zero-order valence-corrected chi connectivity index (χ0v) is 16.5. The first-order chi connectivity index (χ1) is 13.0. The number of nitrogens with one attached hydrogen (secondary N) is 2. The number of halogens is 1. The highest BCUT2D eigenvalue weighted by molar-refractivity contribution is 7.21. The molecule has 2 aromatic carbocycles. The van der Waals surface area contributed by atoms with E-state index >= 15 is 0 Å². The van der Waals surface area contributed by atoms with Crippen molar-refractivity contribution in [1.82, 2.24) is 10.9 Å². The monoisotopic (exact) mass is 402 g/mol. The Hall–Kier alpha value is -2.57. The fraction of sp³-hybridized carbons (Fsp3) is 0.200. The Balaban J connectivity index is 1.67. The van der Waals surface area contributed by atoms with Crippen LogP contribution in [0, 0.1) is 0 Å². The summed E-state index contributed by atoms with van der Waals surface area (Å²) in [6, 6.07) is 14.3. The average molecular weight is 403 g/mol. The standard InChI is InChI=1S/C20H19ClN2O3S/c1-3-12(2)26-14-8-6-7-13(11-14)19(24)22-23-20(25)18-17(21)15-9-4-5-10-16(15)27-18/h4-12H,3H2,1-2H3,(H,22,24)(H,23,25). The Bertz CT molecular complexity index is 986. The third-order valence-electron chi connectivity index (χ3n) is 4.04. The third-order valence-corrected chi connectivity index (χ3v) is 5.71. The van der Waals surface area contributed by atoms with Gasteiger partial charge in [0.05, 0.1) is 11.1 Å². The summed E-state index contributed by atoms with van der Waals surface area (Å²) in [6.07, 6.45) is 0.917. The first-order valence-corrected chi connectivity index (χ1v) is 9.73. The summed E-state index contributed by atoms with van der Waals surface area (Å²) < 4.78 is 6.63. The summed E-state index contributed by atoms with van der Waals surface area (Å²) in [7, 11) is 0. The van der Waals surface area contributed by atoms with Crippen molar-refractivity contribution >= 4 is 44.8 Å². The Labute approximate surface area is 166 Å². The molecule has 3 aromatic rings. The summed E-state index contributed by atoms with van der Waals surface area (Å²) in [4.78, 5) is 25.1. The smallest absolute Gasteiger partial charge is 0.281 e. The summed E-state index contributed by atoms with van der Waals surface area (Å²) in [6.45, 7) is 3.98. The van der Waals surface area contributed by atoms with E-state index in [2.05, 4.69) is 10.9 Å². The minimum Gasteiger partial charge on any atom is -0.491 e. The van der Waals surface area contributed by atoms with Gasteiger partial charge in [-0.05, 0) is 37.6 Å². The van der Waals surface area contributed by atoms with Crippen LogP contribution in [0.1, 0.15) is 40.3 Å². The zero-order valence-electron chi connectivity index (χ0n) is 14.9. The number of amides is 2. The summed E-state index contributed by atoms with van der Waals surface area (Å²) in [5.41, 5.74) is 5.22. The van der Waals surface area contributed by atoms with Gasteiger partial charge in [0.1, 0.15) is 10.6 Å². The van der Waals surface area contributed by atoms with E-state index < -0.39 is 11.8 Å². The molecule has 0 bridgehead atoms. The van der Waals surface area contributed by atoms with Crippen molar-refractivity contribution in [2.75, 3.05) is 0 Å². The molecule has 1 aromatic heterocycles. The molecule has 0 radical (unpaired) electrons. The van der Waals surface area contributed by atoms with Crippen LogP contribution in [0.25, 0.3) is 10.1 Å². The highest BCUT2D eigenvalue weighted by Gasteiger charge is 2.17. The van der Waals surface area contributed by atoms with Crippen molar-refractivity contribution < 1.29 is 14.3 Å². The van der Waals surface area contributed by atoms with Crippen LogP contribution in [0.5, 0.6) is 5.75 Å². The summed E-state index contributed by atoms with van der Waals surface area (Å²) in [5.74, 6) is -0.285. The maximum absolute atomic E-state index is 12.4. The number of carbonyl (C=O) groups is 2. The molecule has 0 spiro atoms. The molecule has 0 saturated carbocycles. The maximum Gasteiger partial charge on any atom is 0.281 e.